The monoisotopic (exact) mass is 420 g/mol. The van der Waals surface area contributed by atoms with Gasteiger partial charge in [0.25, 0.3) is 0 Å². The number of methoxy groups -OCH3 is 1. The molecule has 0 aliphatic rings. The molecule has 0 bridgehead atoms. The minimum Gasteiger partial charge on any atom is -1.00 e. The molecule has 1 N–H and O–H groups in total. The van der Waals surface area contributed by atoms with E-state index in [1.54, 1.807) is 0 Å². The third-order valence-corrected chi connectivity index (χ3v) is 4.98. The van der Waals surface area contributed by atoms with Crippen LogP contribution in [-0.4, -0.2) is 26.0 Å². The van der Waals surface area contributed by atoms with Crippen molar-refractivity contribution in [3.63, 3.8) is 0 Å². The molecule has 9 heteroatoms. The minimum atomic E-state index is -4.45. The van der Waals surface area contributed by atoms with E-state index < -0.39 is 21.3 Å². The quantitative estimate of drug-likeness (QED) is 0.0958. The number of hydrogen-bond donors (Lipinski definition) is 1. The van der Waals surface area contributed by atoms with Crippen LogP contribution in [0.3, 0.4) is 0 Å². The average molecular weight is 420 g/mol. The summed E-state index contributed by atoms with van der Waals surface area (Å²) in [6, 6.07) is 0. The predicted molar refractivity (Wildman–Crippen MR) is 94.7 cm³/mol. The van der Waals surface area contributed by atoms with Gasteiger partial charge >= 0.3 is 88.7 Å². The fourth-order valence-electron chi connectivity index (χ4n) is 2.58. The Morgan fingerprint density at radius 2 is 1.19 bits per heavy atom. The van der Waals surface area contributed by atoms with Gasteiger partial charge in [0.2, 0.25) is 0 Å². The summed E-state index contributed by atoms with van der Waals surface area (Å²) in [7, 11) is -3.34. The van der Waals surface area contributed by atoms with Crippen LogP contribution < -0.4 is 88.7 Å². The van der Waals surface area contributed by atoms with Crippen LogP contribution in [0.5, 0.6) is 0 Å². The van der Waals surface area contributed by atoms with Crippen molar-refractivity contribution >= 4 is 16.1 Å². The third kappa shape index (κ3) is 21.0. The van der Waals surface area contributed by atoms with Crippen molar-refractivity contribution in [2.75, 3.05) is 7.11 Å². The Labute approximate surface area is 230 Å². The molecule has 0 rings (SSSR count). The first-order valence-corrected chi connectivity index (χ1v) is 10.3. The van der Waals surface area contributed by atoms with Crippen LogP contribution in [0.4, 0.5) is 0 Å². The van der Waals surface area contributed by atoms with Gasteiger partial charge in [0.05, 0.1) is 7.11 Å². The molecule has 0 saturated carbocycles. The van der Waals surface area contributed by atoms with Gasteiger partial charge in [0.1, 0.15) is 0 Å². The molecule has 0 amide bonds. The van der Waals surface area contributed by atoms with Crippen molar-refractivity contribution in [1.82, 2.24) is 0 Å². The van der Waals surface area contributed by atoms with Crippen molar-refractivity contribution in [1.29, 1.82) is 0 Å². The van der Waals surface area contributed by atoms with E-state index in [1.165, 1.54) is 51.4 Å². The summed E-state index contributed by atoms with van der Waals surface area (Å²) in [6.45, 7) is 2.22. The third-order valence-electron chi connectivity index (χ3n) is 3.98. The molecule has 0 unspecified atom stereocenters. The first-order valence-electron chi connectivity index (χ1n) is 8.85. The van der Waals surface area contributed by atoms with Crippen molar-refractivity contribution in [3.05, 3.63) is 5.25 Å². The topological polar surface area (TPSA) is 80.7 Å². The minimum absolute atomic E-state index is 0. The van der Waals surface area contributed by atoms with Gasteiger partial charge in [-0.15, -0.1) is 11.7 Å². The molecule has 0 aromatic heterocycles. The number of unbranched alkanes of at least 4 members (excludes halogenated alkanes) is 11. The zero-order valence-electron chi connectivity index (χ0n) is 19.7. The van der Waals surface area contributed by atoms with Crippen LogP contribution in [0, 0.1) is 5.25 Å². The molecule has 0 aliphatic carbocycles. The van der Waals surface area contributed by atoms with Gasteiger partial charge < -0.3 is 12.1 Å². The van der Waals surface area contributed by atoms with Crippen molar-refractivity contribution in [3.8, 4) is 0 Å². The molecule has 0 aromatic carbocycles. The normalized spacial score (nSPS) is 10.1. The first kappa shape index (κ1) is 35.7. The molecule has 0 radical (unpaired) electrons. The molecule has 0 fully saturated rings. The van der Waals surface area contributed by atoms with Gasteiger partial charge in [0.15, 0.2) is 16.1 Å². The zero-order chi connectivity index (χ0) is 17.6. The van der Waals surface area contributed by atoms with E-state index in [2.05, 4.69) is 11.7 Å². The van der Waals surface area contributed by atoms with Crippen LogP contribution in [-0.2, 0) is 19.6 Å². The number of carbonyl (C=O) groups is 1. The summed E-state index contributed by atoms with van der Waals surface area (Å²) in [5.41, 5.74) is 0. The Morgan fingerprint density at radius 1 is 0.846 bits per heavy atom. The molecule has 0 saturated heterocycles. The molecular weight excluding hydrogens is 385 g/mol. The second-order valence-electron chi connectivity index (χ2n) is 6.03. The molecule has 142 valence electrons. The van der Waals surface area contributed by atoms with Crippen LogP contribution in [0.1, 0.15) is 93.2 Å². The molecule has 0 aliphatic heterocycles. The van der Waals surface area contributed by atoms with Gasteiger partial charge in [-0.25, -0.2) is 8.42 Å². The van der Waals surface area contributed by atoms with Gasteiger partial charge in [-0.2, -0.15) is 0 Å². The molecule has 0 heterocycles. The van der Waals surface area contributed by atoms with Crippen LogP contribution >= 0.6 is 0 Å². The summed E-state index contributed by atoms with van der Waals surface area (Å²) < 4.78 is 35.5. The number of carbonyl (C=O) groups excluding carboxylic acids is 1. The molecule has 0 atom stereocenters. The maximum Gasteiger partial charge on any atom is 1.00 e. The number of ether oxygens (including phenoxy) is 1. The standard InChI is InChI=1S/C17H33O5S.3Na.2H/c1-3-4-5-6-7-8-9-10-11-12-13-14-15-16(17(18)22-2)23(19,20)21;;;;;/h3-15H2,1-2H3,(H,19,20,21);;;;;/q-1;3*+1;2*-1. The van der Waals surface area contributed by atoms with Crippen molar-refractivity contribution in [2.24, 2.45) is 0 Å². The van der Waals surface area contributed by atoms with Crippen molar-refractivity contribution < 1.29 is 114 Å². The Balaban J connectivity index is -0.000000242. The Bertz CT molecular complexity index is 416. The van der Waals surface area contributed by atoms with E-state index in [1.807, 2.05) is 0 Å². The second-order valence-corrected chi connectivity index (χ2v) is 7.47. The van der Waals surface area contributed by atoms with Crippen LogP contribution in [0.2, 0.25) is 0 Å². The molecule has 5 nitrogen and oxygen atoms in total. The van der Waals surface area contributed by atoms with E-state index in [-0.39, 0.29) is 97.9 Å². The Morgan fingerprint density at radius 3 is 1.50 bits per heavy atom. The van der Waals surface area contributed by atoms with Gasteiger partial charge in [-0.3, -0.25) is 4.79 Å². The number of esters is 1. The molecule has 0 aromatic rings. The van der Waals surface area contributed by atoms with Crippen LogP contribution in [0.25, 0.3) is 0 Å². The SMILES string of the molecule is CCCCCCCCCCCCCC[C-](C(=O)OC)S(=O)(=O)O.[H-].[H-].[Na+].[Na+].[Na+]. The zero-order valence-corrected chi connectivity index (χ0v) is 24.5. The maximum atomic E-state index is 11.3. The predicted octanol–water partition coefficient (Wildman–Crippen LogP) is -4.09. The smallest absolute Gasteiger partial charge is 1.00 e. The van der Waals surface area contributed by atoms with E-state index in [0.717, 1.165) is 26.4 Å². The van der Waals surface area contributed by atoms with Gasteiger partial charge in [0, 0.05) is 0 Å². The Hall–Kier alpha value is 2.25. The Kier molecular flexibility index (Phi) is 32.3. The molecular formula is C17H35Na3O5S. The van der Waals surface area contributed by atoms with E-state index >= 15 is 0 Å². The number of hydrogen-bond acceptors (Lipinski definition) is 4. The van der Waals surface area contributed by atoms with E-state index in [0.29, 0.717) is 6.42 Å². The summed E-state index contributed by atoms with van der Waals surface area (Å²) in [5, 5.41) is -0.535. The number of rotatable bonds is 15. The van der Waals surface area contributed by atoms with Gasteiger partial charge in [-0.05, 0) is 0 Å². The first-order chi connectivity index (χ1) is 10.9. The summed E-state index contributed by atoms with van der Waals surface area (Å²) >= 11 is 0. The largest absolute Gasteiger partial charge is 1.00 e. The van der Waals surface area contributed by atoms with E-state index in [9.17, 15) is 13.2 Å². The molecule has 26 heavy (non-hydrogen) atoms. The summed E-state index contributed by atoms with van der Waals surface area (Å²) in [5.74, 6) is -0.962. The summed E-state index contributed by atoms with van der Waals surface area (Å²) in [6.07, 6.45) is 14.0. The van der Waals surface area contributed by atoms with Gasteiger partial charge in [-0.1, -0.05) is 84.0 Å². The van der Waals surface area contributed by atoms with E-state index in [4.69, 9.17) is 4.55 Å². The van der Waals surface area contributed by atoms with Crippen molar-refractivity contribution in [2.45, 2.75) is 90.4 Å². The second kappa shape index (κ2) is 23.5. The molecule has 0 spiro atoms. The fraction of sp³-hybridized carbons (Fsp3) is 0.882. The fourth-order valence-corrected chi connectivity index (χ4v) is 3.27. The van der Waals surface area contributed by atoms with Crippen LogP contribution in [0.15, 0.2) is 0 Å². The average Bonchev–Trinajstić information content (AvgIpc) is 2.50. The summed E-state index contributed by atoms with van der Waals surface area (Å²) in [4.78, 5) is 11.3. The maximum absolute atomic E-state index is 11.3.